The Hall–Kier alpha value is 0.0600. The summed E-state index contributed by atoms with van der Waals surface area (Å²) in [6.45, 7) is 3.40. The second-order valence-electron chi connectivity index (χ2n) is 5.21. The van der Waals surface area contributed by atoms with Gasteiger partial charge < -0.3 is 38.0 Å². The van der Waals surface area contributed by atoms with Gasteiger partial charge in [-0.1, -0.05) is 0 Å². The van der Waals surface area contributed by atoms with Crippen molar-refractivity contribution in [1.82, 2.24) is 0 Å². The summed E-state index contributed by atoms with van der Waals surface area (Å²) in [7, 11) is -6.05. The van der Waals surface area contributed by atoms with E-state index in [4.69, 9.17) is 37.6 Å². The van der Waals surface area contributed by atoms with Crippen LogP contribution in [0.1, 0.15) is 0 Å². The molecule has 0 rings (SSSR count). The number of hydrogen-bond donors (Lipinski definition) is 2. The van der Waals surface area contributed by atoms with Gasteiger partial charge in [0.05, 0.1) is 79.3 Å². The lowest BCUT2D eigenvalue weighted by atomic mass is 10.7. The fourth-order valence-electron chi connectivity index (χ4n) is 1.51. The van der Waals surface area contributed by atoms with Crippen LogP contribution in [0.2, 0.25) is 0 Å². The zero-order chi connectivity index (χ0) is 21.1. The van der Waals surface area contributed by atoms with Crippen LogP contribution in [-0.2, 0) is 46.4 Å². The van der Waals surface area contributed by atoms with E-state index in [1.165, 1.54) is 0 Å². The number of hydrogen-bond acceptors (Lipinski definition) is 10. The third-order valence-electron chi connectivity index (χ3n) is 2.70. The van der Waals surface area contributed by atoms with E-state index >= 15 is 0 Å². The SMILES string of the molecule is COCCOCCOCCOP(=O)(O)OCCOCCOCCOP(C)(=O)O. The topological polar surface area (TPSA) is 148 Å². The second kappa shape index (κ2) is 17.9. The first-order valence-corrected chi connectivity index (χ1v) is 12.2. The molecule has 0 saturated carbocycles. The number of phosphoric acid groups is 1. The maximum Gasteiger partial charge on any atom is 0.472 e. The molecule has 2 atom stereocenters. The molecule has 0 aromatic rings. The van der Waals surface area contributed by atoms with Gasteiger partial charge in [0.25, 0.3) is 0 Å². The molecule has 0 aromatic heterocycles. The second-order valence-corrected chi connectivity index (χ2v) is 8.53. The van der Waals surface area contributed by atoms with Gasteiger partial charge in [0.15, 0.2) is 0 Å². The first-order chi connectivity index (χ1) is 13.3. The van der Waals surface area contributed by atoms with E-state index in [0.717, 1.165) is 6.66 Å². The van der Waals surface area contributed by atoms with E-state index in [9.17, 15) is 14.0 Å². The Morgan fingerprint density at radius 3 is 1.25 bits per heavy atom. The van der Waals surface area contributed by atoms with Crippen molar-refractivity contribution in [1.29, 1.82) is 0 Å². The molecule has 0 bridgehead atoms. The molecule has 0 aliphatic rings. The lowest BCUT2D eigenvalue weighted by molar-refractivity contribution is 0.00975. The van der Waals surface area contributed by atoms with Crippen LogP contribution in [0, 0.1) is 0 Å². The van der Waals surface area contributed by atoms with Gasteiger partial charge in [-0.3, -0.25) is 13.6 Å². The van der Waals surface area contributed by atoms with Crippen molar-refractivity contribution in [3.8, 4) is 0 Å². The van der Waals surface area contributed by atoms with Crippen LogP contribution >= 0.6 is 15.4 Å². The first kappa shape index (κ1) is 28.1. The van der Waals surface area contributed by atoms with Gasteiger partial charge in [0, 0.05) is 13.8 Å². The maximum atomic E-state index is 11.6. The Kier molecular flexibility index (Phi) is 17.9. The van der Waals surface area contributed by atoms with E-state index in [2.05, 4.69) is 4.52 Å². The number of ether oxygens (including phenoxy) is 5. The molecule has 2 unspecified atom stereocenters. The average molecular weight is 454 g/mol. The van der Waals surface area contributed by atoms with Crippen molar-refractivity contribution < 1.29 is 56.2 Å². The highest BCUT2D eigenvalue weighted by Gasteiger charge is 2.20. The van der Waals surface area contributed by atoms with Crippen molar-refractivity contribution >= 4 is 15.4 Å². The molecule has 0 amide bonds. The molecule has 0 aromatic carbocycles. The van der Waals surface area contributed by atoms with Crippen molar-refractivity contribution in [3.05, 3.63) is 0 Å². The summed E-state index contributed by atoms with van der Waals surface area (Å²) in [5.74, 6) is 0. The molecule has 0 spiro atoms. The summed E-state index contributed by atoms with van der Waals surface area (Å²) in [6.07, 6.45) is 0. The summed E-state index contributed by atoms with van der Waals surface area (Å²) in [6, 6.07) is 0. The Morgan fingerprint density at radius 1 is 0.571 bits per heavy atom. The average Bonchev–Trinajstić information content (AvgIpc) is 2.61. The molecule has 0 fully saturated rings. The predicted octanol–water partition coefficient (Wildman–Crippen LogP) is 0.665. The fourth-order valence-corrected chi connectivity index (χ4v) is 2.61. The van der Waals surface area contributed by atoms with Gasteiger partial charge in [-0.05, 0) is 0 Å². The molecule has 170 valence electrons. The third kappa shape index (κ3) is 22.4. The standard InChI is InChI=1S/C14H32O12P2/c1-19-3-4-20-5-6-22-10-13-25-28(17,18)26-14-11-23-8-7-21-9-12-24-27(2,15)16/h3-14H2,1-2H3,(H,15,16)(H,17,18). The lowest BCUT2D eigenvalue weighted by Crippen LogP contribution is -2.12. The van der Waals surface area contributed by atoms with Crippen molar-refractivity contribution in [3.63, 3.8) is 0 Å². The highest BCUT2D eigenvalue weighted by Crippen LogP contribution is 2.42. The third-order valence-corrected chi connectivity index (χ3v) is 4.38. The number of methoxy groups -OCH3 is 1. The zero-order valence-corrected chi connectivity index (χ0v) is 18.1. The first-order valence-electron chi connectivity index (χ1n) is 8.63. The summed E-state index contributed by atoms with van der Waals surface area (Å²) in [5.41, 5.74) is 0. The normalized spacial score (nSPS) is 16.0. The van der Waals surface area contributed by atoms with Gasteiger partial charge in [-0.15, -0.1) is 0 Å². The summed E-state index contributed by atoms with van der Waals surface area (Å²) in [4.78, 5) is 18.3. The van der Waals surface area contributed by atoms with Crippen molar-refractivity contribution in [2.75, 3.05) is 93.1 Å². The lowest BCUT2D eigenvalue weighted by Gasteiger charge is -2.12. The minimum Gasteiger partial charge on any atom is -0.382 e. The van der Waals surface area contributed by atoms with E-state index < -0.39 is 15.4 Å². The molecule has 14 heteroatoms. The molecule has 0 heterocycles. The smallest absolute Gasteiger partial charge is 0.382 e. The molecule has 0 saturated heterocycles. The van der Waals surface area contributed by atoms with Crippen LogP contribution in [0.5, 0.6) is 0 Å². The van der Waals surface area contributed by atoms with Gasteiger partial charge >= 0.3 is 15.4 Å². The predicted molar refractivity (Wildman–Crippen MR) is 98.6 cm³/mol. The number of phosphoric ester groups is 1. The molecule has 12 nitrogen and oxygen atoms in total. The van der Waals surface area contributed by atoms with E-state index in [-0.39, 0.29) is 52.9 Å². The van der Waals surface area contributed by atoms with Crippen LogP contribution in [0.4, 0.5) is 0 Å². The largest absolute Gasteiger partial charge is 0.472 e. The summed E-state index contributed by atoms with van der Waals surface area (Å²) >= 11 is 0. The monoisotopic (exact) mass is 454 g/mol. The maximum absolute atomic E-state index is 11.6. The zero-order valence-electron chi connectivity index (χ0n) is 16.4. The highest BCUT2D eigenvalue weighted by molar-refractivity contribution is 7.51. The van der Waals surface area contributed by atoms with E-state index in [0.29, 0.717) is 26.4 Å². The Balaban J connectivity index is 3.39. The highest BCUT2D eigenvalue weighted by atomic mass is 31.2. The van der Waals surface area contributed by atoms with Gasteiger partial charge in [0.2, 0.25) is 0 Å². The molecular weight excluding hydrogens is 422 g/mol. The van der Waals surface area contributed by atoms with Crippen molar-refractivity contribution in [2.24, 2.45) is 0 Å². The molecule has 2 N–H and O–H groups in total. The Bertz CT molecular complexity index is 444. The van der Waals surface area contributed by atoms with E-state index in [1.807, 2.05) is 0 Å². The molecule has 28 heavy (non-hydrogen) atoms. The van der Waals surface area contributed by atoms with Gasteiger partial charge in [0.1, 0.15) is 0 Å². The molecule has 0 radical (unpaired) electrons. The molecule has 0 aliphatic carbocycles. The summed E-state index contributed by atoms with van der Waals surface area (Å²) in [5, 5.41) is 0. The Morgan fingerprint density at radius 2 is 0.893 bits per heavy atom. The molecular formula is C14H32O12P2. The van der Waals surface area contributed by atoms with Crippen LogP contribution < -0.4 is 0 Å². The van der Waals surface area contributed by atoms with E-state index in [1.54, 1.807) is 7.11 Å². The number of rotatable bonds is 21. The van der Waals surface area contributed by atoms with Gasteiger partial charge in [-0.2, -0.15) is 0 Å². The Labute approximate surface area is 165 Å². The van der Waals surface area contributed by atoms with Crippen LogP contribution in [-0.4, -0.2) is 103 Å². The quantitative estimate of drug-likeness (QED) is 0.185. The van der Waals surface area contributed by atoms with Gasteiger partial charge in [-0.25, -0.2) is 4.57 Å². The molecule has 0 aliphatic heterocycles. The minimum atomic E-state index is -4.16. The minimum absolute atomic E-state index is 0.00295. The fraction of sp³-hybridized carbons (Fsp3) is 1.00. The van der Waals surface area contributed by atoms with Crippen molar-refractivity contribution in [2.45, 2.75) is 0 Å². The van der Waals surface area contributed by atoms with Crippen LogP contribution in [0.25, 0.3) is 0 Å². The van der Waals surface area contributed by atoms with Crippen LogP contribution in [0.15, 0.2) is 0 Å². The van der Waals surface area contributed by atoms with Crippen LogP contribution in [0.3, 0.4) is 0 Å². The summed E-state index contributed by atoms with van der Waals surface area (Å²) < 4.78 is 61.9.